The molecule has 0 unspecified atom stereocenters. The molecule has 0 amide bonds. The number of benzene rings is 2. The average molecular weight is 360 g/mol. The maximum absolute atomic E-state index is 12.9. The third-order valence-corrected chi connectivity index (χ3v) is 4.48. The van der Waals surface area contributed by atoms with Crippen LogP contribution < -0.4 is 4.72 Å². The number of nitrogens with zero attached hydrogens (tertiary/aromatic N) is 1. The van der Waals surface area contributed by atoms with Gasteiger partial charge < -0.3 is 0 Å². The van der Waals surface area contributed by atoms with Crippen LogP contribution in [0.5, 0.6) is 0 Å². The van der Waals surface area contributed by atoms with Crippen molar-refractivity contribution < 1.29 is 26.5 Å². The van der Waals surface area contributed by atoms with E-state index in [1.807, 2.05) is 4.72 Å². The van der Waals surface area contributed by atoms with Crippen LogP contribution in [0.2, 0.25) is 0 Å². The largest absolute Gasteiger partial charge is 0.423 e. The molecule has 0 radical (unpaired) electrons. The molecule has 0 atom stereocenters. The van der Waals surface area contributed by atoms with Crippen LogP contribution in [0.4, 0.5) is 24.5 Å². The van der Waals surface area contributed by atoms with E-state index in [0.717, 1.165) is 11.6 Å². The van der Waals surface area contributed by atoms with Crippen molar-refractivity contribution in [2.24, 2.45) is 0 Å². The zero-order valence-corrected chi connectivity index (χ0v) is 13.0. The minimum Gasteiger partial charge on any atom is -0.280 e. The number of alkyl halides is 3. The zero-order valence-electron chi connectivity index (χ0n) is 12.2. The van der Waals surface area contributed by atoms with Crippen molar-refractivity contribution in [2.75, 3.05) is 4.72 Å². The topological polar surface area (TPSA) is 89.3 Å². The maximum atomic E-state index is 12.9. The second-order valence-electron chi connectivity index (χ2n) is 4.91. The minimum atomic E-state index is -4.99. The summed E-state index contributed by atoms with van der Waals surface area (Å²) >= 11 is 0. The van der Waals surface area contributed by atoms with Gasteiger partial charge in [0.2, 0.25) is 0 Å². The van der Waals surface area contributed by atoms with Crippen LogP contribution in [-0.4, -0.2) is 13.3 Å². The number of nitrogens with one attached hydrogen (secondary N) is 1. The molecule has 0 aliphatic rings. The van der Waals surface area contributed by atoms with Crippen molar-refractivity contribution in [3.63, 3.8) is 0 Å². The van der Waals surface area contributed by atoms with E-state index in [1.165, 1.54) is 24.3 Å². The van der Waals surface area contributed by atoms with E-state index < -0.39 is 38.1 Å². The molecule has 128 valence electrons. The second kappa shape index (κ2) is 6.11. The van der Waals surface area contributed by atoms with Gasteiger partial charge in [0.15, 0.2) is 0 Å². The Morgan fingerprint density at radius 2 is 1.67 bits per heavy atom. The minimum absolute atomic E-state index is 0.139. The lowest BCUT2D eigenvalue weighted by atomic mass is 10.1. The molecule has 24 heavy (non-hydrogen) atoms. The van der Waals surface area contributed by atoms with E-state index in [-0.39, 0.29) is 4.90 Å². The Hall–Kier alpha value is -2.62. The molecule has 0 bridgehead atoms. The van der Waals surface area contributed by atoms with E-state index in [4.69, 9.17) is 0 Å². The van der Waals surface area contributed by atoms with Crippen LogP contribution in [0.3, 0.4) is 0 Å². The molecular weight excluding hydrogens is 349 g/mol. The molecule has 0 fully saturated rings. The number of hydrogen-bond donors (Lipinski definition) is 1. The fraction of sp³-hybridized carbons (Fsp3) is 0.143. The summed E-state index contributed by atoms with van der Waals surface area (Å²) in [6.07, 6.45) is -4.99. The van der Waals surface area contributed by atoms with Crippen molar-refractivity contribution >= 4 is 21.4 Å². The fourth-order valence-electron chi connectivity index (χ4n) is 1.92. The normalized spacial score (nSPS) is 12.0. The Bertz CT molecular complexity index is 878. The lowest BCUT2D eigenvalue weighted by molar-refractivity contribution is -0.388. The highest BCUT2D eigenvalue weighted by Gasteiger charge is 2.38. The highest BCUT2D eigenvalue weighted by atomic mass is 32.2. The van der Waals surface area contributed by atoms with Gasteiger partial charge in [-0.3, -0.25) is 14.8 Å². The summed E-state index contributed by atoms with van der Waals surface area (Å²) in [5.41, 5.74) is -2.30. The van der Waals surface area contributed by atoms with Crippen molar-refractivity contribution in [3.8, 4) is 0 Å². The molecule has 2 rings (SSSR count). The van der Waals surface area contributed by atoms with Gasteiger partial charge in [-0.2, -0.15) is 13.2 Å². The number of rotatable bonds is 4. The standard InChI is InChI=1S/C14H11F3N2O4S/c1-9-2-5-11(6-3-9)24(22,23)18-10-4-7-13(19(20)21)12(8-10)14(15,16)17/h2-8,18H,1H3. The summed E-state index contributed by atoms with van der Waals surface area (Å²) in [5.74, 6) is 0. The van der Waals surface area contributed by atoms with Crippen molar-refractivity contribution in [1.82, 2.24) is 0 Å². The number of sulfonamides is 1. The van der Waals surface area contributed by atoms with Gasteiger partial charge >= 0.3 is 6.18 Å². The van der Waals surface area contributed by atoms with Crippen molar-refractivity contribution in [2.45, 2.75) is 18.0 Å². The molecule has 2 aromatic carbocycles. The molecule has 10 heteroatoms. The highest BCUT2D eigenvalue weighted by molar-refractivity contribution is 7.92. The predicted octanol–water partition coefficient (Wildman–Crippen LogP) is 3.72. The van der Waals surface area contributed by atoms with Crippen molar-refractivity contribution in [1.29, 1.82) is 0 Å². The SMILES string of the molecule is Cc1ccc(S(=O)(=O)Nc2ccc([N+](=O)[O-])c(C(F)(F)F)c2)cc1. The van der Waals surface area contributed by atoms with Crippen LogP contribution >= 0.6 is 0 Å². The molecule has 0 aromatic heterocycles. The molecule has 0 saturated heterocycles. The Balaban J connectivity index is 2.43. The quantitative estimate of drug-likeness (QED) is 0.665. The van der Waals surface area contributed by atoms with E-state index in [2.05, 4.69) is 0 Å². The molecule has 0 heterocycles. The Morgan fingerprint density at radius 3 is 2.17 bits per heavy atom. The van der Waals surface area contributed by atoms with Crippen molar-refractivity contribution in [3.05, 3.63) is 63.7 Å². The van der Waals surface area contributed by atoms with E-state index >= 15 is 0 Å². The lowest BCUT2D eigenvalue weighted by Crippen LogP contribution is -2.15. The average Bonchev–Trinajstić information content (AvgIpc) is 2.46. The first-order valence-electron chi connectivity index (χ1n) is 6.46. The van der Waals surface area contributed by atoms with E-state index in [1.54, 1.807) is 6.92 Å². The van der Waals surface area contributed by atoms with Crippen LogP contribution in [0, 0.1) is 17.0 Å². The maximum Gasteiger partial charge on any atom is 0.423 e. The summed E-state index contributed by atoms with van der Waals surface area (Å²) in [6, 6.07) is 7.57. The molecular formula is C14H11F3N2O4S. The lowest BCUT2D eigenvalue weighted by Gasteiger charge is -2.12. The van der Waals surface area contributed by atoms with Gasteiger partial charge in [0.1, 0.15) is 5.56 Å². The number of nitro groups is 1. The second-order valence-corrected chi connectivity index (χ2v) is 6.59. The van der Waals surface area contributed by atoms with Gasteiger partial charge in [-0.25, -0.2) is 8.42 Å². The third-order valence-electron chi connectivity index (χ3n) is 3.08. The number of anilines is 1. The Labute approximate surface area is 135 Å². The van der Waals surface area contributed by atoms with Gasteiger partial charge in [-0.15, -0.1) is 0 Å². The van der Waals surface area contributed by atoms with Gasteiger partial charge in [0.05, 0.1) is 9.82 Å². The number of hydrogen-bond acceptors (Lipinski definition) is 4. The summed E-state index contributed by atoms with van der Waals surface area (Å²) < 4.78 is 65.0. The number of halogens is 3. The predicted molar refractivity (Wildman–Crippen MR) is 80.1 cm³/mol. The molecule has 0 aliphatic carbocycles. The molecule has 0 aliphatic heterocycles. The molecule has 2 aromatic rings. The summed E-state index contributed by atoms with van der Waals surface area (Å²) in [7, 11) is -4.11. The number of nitro benzene ring substituents is 1. The molecule has 1 N–H and O–H groups in total. The molecule has 0 saturated carbocycles. The van der Waals surface area contributed by atoms with Crippen LogP contribution in [0.25, 0.3) is 0 Å². The van der Waals surface area contributed by atoms with Crippen LogP contribution in [0.1, 0.15) is 11.1 Å². The highest BCUT2D eigenvalue weighted by Crippen LogP contribution is 2.37. The van der Waals surface area contributed by atoms with Gasteiger partial charge in [0, 0.05) is 11.8 Å². The number of aryl methyl sites for hydroxylation is 1. The smallest absolute Gasteiger partial charge is 0.280 e. The Morgan fingerprint density at radius 1 is 1.08 bits per heavy atom. The van der Waals surface area contributed by atoms with Gasteiger partial charge in [0.25, 0.3) is 15.7 Å². The van der Waals surface area contributed by atoms with Gasteiger partial charge in [-0.05, 0) is 31.2 Å². The molecule has 0 spiro atoms. The van der Waals surface area contributed by atoms with Gasteiger partial charge in [-0.1, -0.05) is 17.7 Å². The Kier molecular flexibility index (Phi) is 4.52. The van der Waals surface area contributed by atoms with Crippen LogP contribution in [-0.2, 0) is 16.2 Å². The summed E-state index contributed by atoms with van der Waals surface area (Å²) in [6.45, 7) is 1.75. The third kappa shape index (κ3) is 3.82. The summed E-state index contributed by atoms with van der Waals surface area (Å²) in [4.78, 5) is 9.37. The fourth-order valence-corrected chi connectivity index (χ4v) is 2.97. The van der Waals surface area contributed by atoms with E-state index in [9.17, 15) is 31.7 Å². The zero-order chi connectivity index (χ0) is 18.1. The summed E-state index contributed by atoms with van der Waals surface area (Å²) in [5, 5.41) is 10.7. The monoisotopic (exact) mass is 360 g/mol. The molecule has 6 nitrogen and oxygen atoms in total. The first-order valence-corrected chi connectivity index (χ1v) is 7.94. The van der Waals surface area contributed by atoms with E-state index in [0.29, 0.717) is 12.1 Å². The van der Waals surface area contributed by atoms with Crippen LogP contribution in [0.15, 0.2) is 47.4 Å². The first-order chi connectivity index (χ1) is 11.0. The first kappa shape index (κ1) is 17.7.